The van der Waals surface area contributed by atoms with Crippen molar-refractivity contribution in [1.29, 1.82) is 0 Å². The molecule has 1 aromatic heterocycles. The molecule has 0 aliphatic carbocycles. The van der Waals surface area contributed by atoms with Gasteiger partial charge in [-0.05, 0) is 18.1 Å². The highest BCUT2D eigenvalue weighted by molar-refractivity contribution is 5.34. The first-order chi connectivity index (χ1) is 7.36. The lowest BCUT2D eigenvalue weighted by atomic mass is 10.2. The Hall–Kier alpha value is -1.09. The maximum Gasteiger partial charge on any atom is 0.125 e. The zero-order valence-corrected chi connectivity index (χ0v) is 9.62. The van der Waals surface area contributed by atoms with E-state index in [1.165, 1.54) is 12.8 Å². The molecule has 0 saturated carbocycles. The SMILES string of the molecule is CCCCCOCc1ccc(NC)nc1. The van der Waals surface area contributed by atoms with E-state index in [1.807, 2.05) is 25.4 Å². The molecule has 3 heteroatoms. The Morgan fingerprint density at radius 1 is 1.33 bits per heavy atom. The highest BCUT2D eigenvalue weighted by Crippen LogP contribution is 2.05. The van der Waals surface area contributed by atoms with Crippen LogP contribution < -0.4 is 5.32 Å². The molecule has 3 nitrogen and oxygen atoms in total. The van der Waals surface area contributed by atoms with Crippen LogP contribution in [-0.2, 0) is 11.3 Å². The van der Waals surface area contributed by atoms with Crippen LogP contribution in [0.1, 0.15) is 31.7 Å². The number of rotatable bonds is 7. The van der Waals surface area contributed by atoms with Gasteiger partial charge in [0.05, 0.1) is 6.61 Å². The van der Waals surface area contributed by atoms with E-state index in [0.717, 1.165) is 24.4 Å². The van der Waals surface area contributed by atoms with Crippen molar-refractivity contribution in [2.24, 2.45) is 0 Å². The number of nitrogens with zero attached hydrogens (tertiary/aromatic N) is 1. The van der Waals surface area contributed by atoms with Crippen LogP contribution in [0.5, 0.6) is 0 Å². The van der Waals surface area contributed by atoms with Crippen LogP contribution in [-0.4, -0.2) is 18.6 Å². The van der Waals surface area contributed by atoms with Gasteiger partial charge in [-0.1, -0.05) is 25.8 Å². The lowest BCUT2D eigenvalue weighted by Gasteiger charge is -2.04. The van der Waals surface area contributed by atoms with Crippen LogP contribution in [0.25, 0.3) is 0 Å². The van der Waals surface area contributed by atoms with Gasteiger partial charge in [-0.3, -0.25) is 0 Å². The van der Waals surface area contributed by atoms with Crippen molar-refractivity contribution in [3.05, 3.63) is 23.9 Å². The highest BCUT2D eigenvalue weighted by Gasteiger charge is 1.94. The molecule has 0 fully saturated rings. The second-order valence-electron chi connectivity index (χ2n) is 3.56. The molecular weight excluding hydrogens is 188 g/mol. The lowest BCUT2D eigenvalue weighted by molar-refractivity contribution is 0.117. The van der Waals surface area contributed by atoms with Gasteiger partial charge in [0.25, 0.3) is 0 Å². The molecule has 1 N–H and O–H groups in total. The molecule has 0 atom stereocenters. The molecule has 15 heavy (non-hydrogen) atoms. The molecule has 0 radical (unpaired) electrons. The van der Waals surface area contributed by atoms with Crippen molar-refractivity contribution in [1.82, 2.24) is 4.98 Å². The molecule has 84 valence electrons. The number of unbranched alkanes of at least 4 members (excludes halogenated alkanes) is 2. The zero-order chi connectivity index (χ0) is 10.9. The molecule has 1 aromatic rings. The summed E-state index contributed by atoms with van der Waals surface area (Å²) in [4.78, 5) is 4.22. The molecule has 1 heterocycles. The smallest absolute Gasteiger partial charge is 0.125 e. The van der Waals surface area contributed by atoms with E-state index >= 15 is 0 Å². The molecule has 0 aliphatic rings. The minimum Gasteiger partial charge on any atom is -0.377 e. The Bertz CT molecular complexity index is 259. The molecule has 0 saturated heterocycles. The second kappa shape index (κ2) is 7.23. The quantitative estimate of drug-likeness (QED) is 0.700. The van der Waals surface area contributed by atoms with Crippen LogP contribution in [0.15, 0.2) is 18.3 Å². The number of anilines is 1. The summed E-state index contributed by atoms with van der Waals surface area (Å²) >= 11 is 0. The van der Waals surface area contributed by atoms with Gasteiger partial charge >= 0.3 is 0 Å². The Morgan fingerprint density at radius 2 is 2.20 bits per heavy atom. The van der Waals surface area contributed by atoms with Gasteiger partial charge in [0.2, 0.25) is 0 Å². The number of ether oxygens (including phenoxy) is 1. The maximum atomic E-state index is 5.53. The topological polar surface area (TPSA) is 34.1 Å². The third-order valence-electron chi connectivity index (χ3n) is 2.24. The predicted molar refractivity (Wildman–Crippen MR) is 63.0 cm³/mol. The molecular formula is C12H20N2O. The summed E-state index contributed by atoms with van der Waals surface area (Å²) in [6.45, 7) is 3.71. The van der Waals surface area contributed by atoms with E-state index in [0.29, 0.717) is 6.61 Å². The van der Waals surface area contributed by atoms with E-state index < -0.39 is 0 Å². The average molecular weight is 208 g/mol. The summed E-state index contributed by atoms with van der Waals surface area (Å²) in [5.41, 5.74) is 1.13. The molecule has 0 spiro atoms. The first-order valence-corrected chi connectivity index (χ1v) is 5.57. The molecule has 0 bridgehead atoms. The Balaban J connectivity index is 2.20. The normalized spacial score (nSPS) is 10.3. The van der Waals surface area contributed by atoms with Crippen molar-refractivity contribution < 1.29 is 4.74 Å². The van der Waals surface area contributed by atoms with Gasteiger partial charge in [0.15, 0.2) is 0 Å². The number of aromatic nitrogens is 1. The number of hydrogen-bond acceptors (Lipinski definition) is 3. The summed E-state index contributed by atoms with van der Waals surface area (Å²) in [7, 11) is 1.86. The van der Waals surface area contributed by atoms with Crippen LogP contribution >= 0.6 is 0 Å². The van der Waals surface area contributed by atoms with E-state index in [1.54, 1.807) is 0 Å². The van der Waals surface area contributed by atoms with Crippen molar-refractivity contribution in [2.45, 2.75) is 32.8 Å². The fourth-order valence-electron chi connectivity index (χ4n) is 1.30. The lowest BCUT2D eigenvalue weighted by Crippen LogP contribution is -1.97. The second-order valence-corrected chi connectivity index (χ2v) is 3.56. The van der Waals surface area contributed by atoms with Gasteiger partial charge < -0.3 is 10.1 Å². The number of hydrogen-bond donors (Lipinski definition) is 1. The third-order valence-corrected chi connectivity index (χ3v) is 2.24. The third kappa shape index (κ3) is 4.79. The molecule has 0 unspecified atom stereocenters. The minimum atomic E-state index is 0.667. The Labute approximate surface area is 91.9 Å². The zero-order valence-electron chi connectivity index (χ0n) is 9.62. The van der Waals surface area contributed by atoms with Crippen LogP contribution in [0, 0.1) is 0 Å². The average Bonchev–Trinajstić information content (AvgIpc) is 2.30. The van der Waals surface area contributed by atoms with Crippen molar-refractivity contribution in [3.63, 3.8) is 0 Å². The van der Waals surface area contributed by atoms with E-state index in [-0.39, 0.29) is 0 Å². The maximum absolute atomic E-state index is 5.53. The summed E-state index contributed by atoms with van der Waals surface area (Å²) < 4.78 is 5.53. The van der Waals surface area contributed by atoms with Crippen LogP contribution in [0.3, 0.4) is 0 Å². The first-order valence-electron chi connectivity index (χ1n) is 5.57. The molecule has 1 rings (SSSR count). The molecule has 0 aromatic carbocycles. The largest absolute Gasteiger partial charge is 0.377 e. The number of nitrogens with one attached hydrogen (secondary N) is 1. The Morgan fingerprint density at radius 3 is 2.80 bits per heavy atom. The number of pyridine rings is 1. The molecule has 0 amide bonds. The minimum absolute atomic E-state index is 0.667. The fraction of sp³-hybridized carbons (Fsp3) is 0.583. The fourth-order valence-corrected chi connectivity index (χ4v) is 1.30. The highest BCUT2D eigenvalue weighted by atomic mass is 16.5. The van der Waals surface area contributed by atoms with Crippen molar-refractivity contribution in [3.8, 4) is 0 Å². The summed E-state index contributed by atoms with van der Waals surface area (Å²) in [5.74, 6) is 0.893. The predicted octanol–water partition coefficient (Wildman–Crippen LogP) is 2.83. The van der Waals surface area contributed by atoms with Crippen molar-refractivity contribution in [2.75, 3.05) is 19.0 Å². The van der Waals surface area contributed by atoms with Gasteiger partial charge in [0.1, 0.15) is 5.82 Å². The first kappa shape index (κ1) is 12.0. The van der Waals surface area contributed by atoms with Crippen LogP contribution in [0.2, 0.25) is 0 Å². The van der Waals surface area contributed by atoms with Gasteiger partial charge in [-0.15, -0.1) is 0 Å². The summed E-state index contributed by atoms with van der Waals surface area (Å²) in [6.07, 6.45) is 5.49. The monoisotopic (exact) mass is 208 g/mol. The summed E-state index contributed by atoms with van der Waals surface area (Å²) in [5, 5.41) is 2.99. The van der Waals surface area contributed by atoms with E-state index in [2.05, 4.69) is 17.2 Å². The van der Waals surface area contributed by atoms with Crippen LogP contribution in [0.4, 0.5) is 5.82 Å². The molecule has 0 aliphatic heterocycles. The Kier molecular flexibility index (Phi) is 5.78. The van der Waals surface area contributed by atoms with E-state index in [4.69, 9.17) is 4.74 Å². The van der Waals surface area contributed by atoms with Gasteiger partial charge in [-0.25, -0.2) is 4.98 Å². The van der Waals surface area contributed by atoms with Gasteiger partial charge in [-0.2, -0.15) is 0 Å². The standard InChI is InChI=1S/C12H20N2O/c1-3-4-5-8-15-10-11-6-7-12(13-2)14-9-11/h6-7,9H,3-5,8,10H2,1-2H3,(H,13,14). The summed E-state index contributed by atoms with van der Waals surface area (Å²) in [6, 6.07) is 4.00. The van der Waals surface area contributed by atoms with E-state index in [9.17, 15) is 0 Å². The van der Waals surface area contributed by atoms with Gasteiger partial charge in [0, 0.05) is 19.9 Å². The van der Waals surface area contributed by atoms with Crippen molar-refractivity contribution >= 4 is 5.82 Å².